The maximum absolute atomic E-state index is 13.3. The molecular formula is C12H8F2N2O3. The molecule has 1 N–H and O–H groups in total. The van der Waals surface area contributed by atoms with Gasteiger partial charge in [-0.3, -0.25) is 0 Å². The number of nitrogens with zero attached hydrogens (tertiary/aromatic N) is 2. The third kappa shape index (κ3) is 2.82. The Kier molecular flexibility index (Phi) is 3.65. The first-order chi connectivity index (χ1) is 9.09. The van der Waals surface area contributed by atoms with Crippen LogP contribution in [0.2, 0.25) is 0 Å². The van der Waals surface area contributed by atoms with Crippen LogP contribution in [0, 0.1) is 11.6 Å². The Hall–Kier alpha value is -2.57. The van der Waals surface area contributed by atoms with Gasteiger partial charge in [-0.1, -0.05) is 6.07 Å². The van der Waals surface area contributed by atoms with Gasteiger partial charge >= 0.3 is 5.97 Å². The Labute approximate surface area is 106 Å². The molecule has 0 bridgehead atoms. The van der Waals surface area contributed by atoms with Crippen LogP contribution in [0.4, 0.5) is 8.78 Å². The van der Waals surface area contributed by atoms with Crippen LogP contribution in [0.25, 0.3) is 0 Å². The molecular weight excluding hydrogens is 258 g/mol. The van der Waals surface area contributed by atoms with E-state index in [0.717, 1.165) is 24.7 Å². The summed E-state index contributed by atoms with van der Waals surface area (Å²) >= 11 is 0. The van der Waals surface area contributed by atoms with Gasteiger partial charge in [0.15, 0.2) is 17.4 Å². The fourth-order valence-corrected chi connectivity index (χ4v) is 1.41. The minimum atomic E-state index is -1.24. The maximum Gasteiger partial charge on any atom is 0.339 e. The van der Waals surface area contributed by atoms with E-state index in [4.69, 9.17) is 9.84 Å². The fourth-order valence-electron chi connectivity index (χ4n) is 1.41. The number of aromatic nitrogens is 2. The summed E-state index contributed by atoms with van der Waals surface area (Å²) in [5.41, 5.74) is -0.149. The summed E-state index contributed by atoms with van der Waals surface area (Å²) < 4.78 is 31.5. The highest BCUT2D eigenvalue weighted by Gasteiger charge is 2.14. The van der Waals surface area contributed by atoms with Crippen LogP contribution >= 0.6 is 0 Å². The predicted molar refractivity (Wildman–Crippen MR) is 59.7 cm³/mol. The number of carbonyl (C=O) groups is 1. The quantitative estimate of drug-likeness (QED) is 0.916. The second-order valence-corrected chi connectivity index (χ2v) is 3.53. The van der Waals surface area contributed by atoms with E-state index in [9.17, 15) is 13.6 Å². The van der Waals surface area contributed by atoms with E-state index in [-0.39, 0.29) is 17.9 Å². The largest absolute Gasteiger partial charge is 0.481 e. The number of para-hydroxylation sites is 1. The summed E-state index contributed by atoms with van der Waals surface area (Å²) in [7, 11) is 0. The molecule has 7 heteroatoms. The number of ether oxygens (including phenoxy) is 1. The lowest BCUT2D eigenvalue weighted by Gasteiger charge is -2.08. The van der Waals surface area contributed by atoms with Crippen molar-refractivity contribution >= 4 is 5.97 Å². The zero-order valence-electron chi connectivity index (χ0n) is 9.51. The molecule has 19 heavy (non-hydrogen) atoms. The molecule has 1 aromatic carbocycles. The highest BCUT2D eigenvalue weighted by atomic mass is 19.1. The topological polar surface area (TPSA) is 72.3 Å². The second kappa shape index (κ2) is 5.38. The number of benzene rings is 1. The zero-order valence-corrected chi connectivity index (χ0v) is 9.51. The lowest BCUT2D eigenvalue weighted by molar-refractivity contribution is 0.0692. The van der Waals surface area contributed by atoms with Gasteiger partial charge in [-0.15, -0.1) is 0 Å². The van der Waals surface area contributed by atoms with Gasteiger partial charge in [-0.2, -0.15) is 0 Å². The van der Waals surface area contributed by atoms with Crippen LogP contribution in [0.15, 0.2) is 30.7 Å². The van der Waals surface area contributed by atoms with Crippen LogP contribution in [-0.2, 0) is 6.61 Å². The van der Waals surface area contributed by atoms with Crippen LogP contribution in [0.1, 0.15) is 16.1 Å². The first-order valence-electron chi connectivity index (χ1n) is 5.18. The van der Waals surface area contributed by atoms with Gasteiger partial charge in [0.1, 0.15) is 18.5 Å². The van der Waals surface area contributed by atoms with Gasteiger partial charge in [-0.25, -0.2) is 23.5 Å². The Morgan fingerprint density at radius 3 is 2.63 bits per heavy atom. The van der Waals surface area contributed by atoms with Crippen molar-refractivity contribution in [2.45, 2.75) is 6.61 Å². The Morgan fingerprint density at radius 1 is 1.32 bits per heavy atom. The average Bonchev–Trinajstić information content (AvgIpc) is 2.38. The molecule has 0 amide bonds. The molecule has 1 aromatic heterocycles. The summed E-state index contributed by atoms with van der Waals surface area (Å²) in [6.45, 7) is -0.373. The van der Waals surface area contributed by atoms with Gasteiger partial charge in [0.2, 0.25) is 0 Å². The molecule has 0 unspecified atom stereocenters. The molecule has 1 heterocycles. The Morgan fingerprint density at radius 2 is 2.00 bits per heavy atom. The second-order valence-electron chi connectivity index (χ2n) is 3.53. The summed E-state index contributed by atoms with van der Waals surface area (Å²) in [6.07, 6.45) is 2.22. The number of carboxylic acid groups (broad SMARTS) is 1. The molecule has 0 saturated heterocycles. The average molecular weight is 266 g/mol. The molecule has 0 radical (unpaired) electrons. The SMILES string of the molecule is O=C(O)c1cncnc1COc1c(F)cccc1F. The van der Waals surface area contributed by atoms with Crippen molar-refractivity contribution < 1.29 is 23.4 Å². The van der Waals surface area contributed by atoms with E-state index in [1.165, 1.54) is 6.07 Å². The van der Waals surface area contributed by atoms with E-state index in [1.54, 1.807) is 0 Å². The van der Waals surface area contributed by atoms with E-state index in [0.29, 0.717) is 0 Å². The monoisotopic (exact) mass is 266 g/mol. The standard InChI is InChI=1S/C12H8F2N2O3/c13-8-2-1-3-9(14)11(8)19-5-10-7(12(17)18)4-15-6-16-10/h1-4,6H,5H2,(H,17,18). The van der Waals surface area contributed by atoms with E-state index >= 15 is 0 Å². The van der Waals surface area contributed by atoms with Crippen LogP contribution < -0.4 is 4.74 Å². The molecule has 0 aliphatic heterocycles. The molecule has 0 saturated carbocycles. The smallest absolute Gasteiger partial charge is 0.339 e. The molecule has 98 valence electrons. The Bertz CT molecular complexity index is 599. The van der Waals surface area contributed by atoms with Crippen LogP contribution in [0.5, 0.6) is 5.75 Å². The van der Waals surface area contributed by atoms with Crippen molar-refractivity contribution in [1.82, 2.24) is 9.97 Å². The lowest BCUT2D eigenvalue weighted by Crippen LogP contribution is -2.09. The molecule has 0 spiro atoms. The molecule has 0 atom stereocenters. The van der Waals surface area contributed by atoms with Gasteiger partial charge in [0.25, 0.3) is 0 Å². The maximum atomic E-state index is 13.3. The first kappa shape index (κ1) is 12.9. The molecule has 0 aliphatic rings. The molecule has 5 nitrogen and oxygen atoms in total. The predicted octanol–water partition coefficient (Wildman–Crippen LogP) is 2.03. The number of hydrogen-bond acceptors (Lipinski definition) is 4. The highest BCUT2D eigenvalue weighted by molar-refractivity contribution is 5.88. The van der Waals surface area contributed by atoms with Crippen molar-refractivity contribution in [3.8, 4) is 5.75 Å². The first-order valence-corrected chi connectivity index (χ1v) is 5.18. The molecule has 2 aromatic rings. The number of aromatic carboxylic acids is 1. The van der Waals surface area contributed by atoms with Crippen LogP contribution in [0.3, 0.4) is 0 Å². The summed E-state index contributed by atoms with van der Waals surface area (Å²) in [5, 5.41) is 8.89. The minimum absolute atomic E-state index is 0.0325. The third-order valence-electron chi connectivity index (χ3n) is 2.30. The van der Waals surface area contributed by atoms with E-state index in [1.807, 2.05) is 0 Å². The van der Waals surface area contributed by atoms with Gasteiger partial charge in [0, 0.05) is 6.20 Å². The van der Waals surface area contributed by atoms with Crippen molar-refractivity contribution in [2.24, 2.45) is 0 Å². The van der Waals surface area contributed by atoms with E-state index in [2.05, 4.69) is 9.97 Å². The third-order valence-corrected chi connectivity index (χ3v) is 2.30. The fraction of sp³-hybridized carbons (Fsp3) is 0.0833. The molecule has 0 fully saturated rings. The minimum Gasteiger partial charge on any atom is -0.481 e. The normalized spacial score (nSPS) is 10.2. The van der Waals surface area contributed by atoms with Gasteiger partial charge in [-0.05, 0) is 12.1 Å². The van der Waals surface area contributed by atoms with Crippen molar-refractivity contribution in [3.05, 3.63) is 53.6 Å². The van der Waals surface area contributed by atoms with Crippen molar-refractivity contribution in [2.75, 3.05) is 0 Å². The highest BCUT2D eigenvalue weighted by Crippen LogP contribution is 2.22. The Balaban J connectivity index is 2.22. The summed E-state index contributed by atoms with van der Waals surface area (Å²) in [5.74, 6) is -3.55. The lowest BCUT2D eigenvalue weighted by atomic mass is 10.2. The molecule has 0 aliphatic carbocycles. The van der Waals surface area contributed by atoms with Gasteiger partial charge < -0.3 is 9.84 Å². The van der Waals surface area contributed by atoms with Crippen molar-refractivity contribution in [1.29, 1.82) is 0 Å². The zero-order chi connectivity index (χ0) is 13.8. The van der Waals surface area contributed by atoms with Crippen LogP contribution in [-0.4, -0.2) is 21.0 Å². The number of carboxylic acids is 1. The van der Waals surface area contributed by atoms with Crippen molar-refractivity contribution in [3.63, 3.8) is 0 Å². The number of hydrogen-bond donors (Lipinski definition) is 1. The van der Waals surface area contributed by atoms with E-state index < -0.39 is 23.4 Å². The number of rotatable bonds is 4. The number of halogens is 2. The summed E-state index contributed by atoms with van der Waals surface area (Å²) in [4.78, 5) is 18.2. The summed E-state index contributed by atoms with van der Waals surface area (Å²) in [6, 6.07) is 3.28. The van der Waals surface area contributed by atoms with Gasteiger partial charge in [0.05, 0.1) is 5.69 Å². The molecule has 2 rings (SSSR count).